The Kier molecular flexibility index (Phi) is 5.50. The summed E-state index contributed by atoms with van der Waals surface area (Å²) in [6.45, 7) is 3.96. The molecule has 150 valence electrons. The monoisotopic (exact) mass is 416 g/mol. The predicted octanol–water partition coefficient (Wildman–Crippen LogP) is 4.84. The van der Waals surface area contributed by atoms with Gasteiger partial charge in [0.1, 0.15) is 11.4 Å². The third kappa shape index (κ3) is 4.04. The van der Waals surface area contributed by atoms with E-state index in [1.54, 1.807) is 12.1 Å². The van der Waals surface area contributed by atoms with E-state index in [-0.39, 0.29) is 12.0 Å². The SMILES string of the molecule is CC(C)Oc1cccc(-c2cn3cccc(C(=O)NC(C#N)c4cccs4)c3n2)c1. The summed E-state index contributed by atoms with van der Waals surface area (Å²) in [7, 11) is 0. The van der Waals surface area contributed by atoms with E-state index in [0.29, 0.717) is 11.2 Å². The number of ether oxygens (including phenoxy) is 1. The van der Waals surface area contributed by atoms with Crippen LogP contribution in [-0.2, 0) is 0 Å². The van der Waals surface area contributed by atoms with Crippen LogP contribution in [0.25, 0.3) is 16.9 Å². The van der Waals surface area contributed by atoms with Gasteiger partial charge < -0.3 is 14.5 Å². The van der Waals surface area contributed by atoms with Gasteiger partial charge in [0.25, 0.3) is 5.91 Å². The van der Waals surface area contributed by atoms with Crippen molar-refractivity contribution in [1.82, 2.24) is 14.7 Å². The lowest BCUT2D eigenvalue weighted by Crippen LogP contribution is -2.27. The molecule has 0 saturated carbocycles. The van der Waals surface area contributed by atoms with Crippen molar-refractivity contribution in [3.63, 3.8) is 0 Å². The Morgan fingerprint density at radius 3 is 2.83 bits per heavy atom. The smallest absolute Gasteiger partial charge is 0.256 e. The van der Waals surface area contributed by atoms with Crippen LogP contribution in [-0.4, -0.2) is 21.4 Å². The Hall–Kier alpha value is -3.63. The van der Waals surface area contributed by atoms with Gasteiger partial charge in [0.15, 0.2) is 6.04 Å². The van der Waals surface area contributed by atoms with E-state index in [9.17, 15) is 10.1 Å². The van der Waals surface area contributed by atoms with Gasteiger partial charge in [0.2, 0.25) is 0 Å². The summed E-state index contributed by atoms with van der Waals surface area (Å²) in [6.07, 6.45) is 3.80. The molecule has 0 radical (unpaired) electrons. The van der Waals surface area contributed by atoms with Gasteiger partial charge in [-0.15, -0.1) is 11.3 Å². The van der Waals surface area contributed by atoms with Crippen molar-refractivity contribution in [3.05, 3.63) is 76.7 Å². The van der Waals surface area contributed by atoms with Crippen molar-refractivity contribution in [1.29, 1.82) is 5.26 Å². The van der Waals surface area contributed by atoms with Crippen molar-refractivity contribution in [2.45, 2.75) is 26.0 Å². The van der Waals surface area contributed by atoms with Gasteiger partial charge in [-0.05, 0) is 49.6 Å². The van der Waals surface area contributed by atoms with E-state index in [1.165, 1.54) is 11.3 Å². The molecule has 3 aromatic heterocycles. The number of hydrogen-bond donors (Lipinski definition) is 1. The minimum absolute atomic E-state index is 0.0769. The molecular weight excluding hydrogens is 396 g/mol. The predicted molar refractivity (Wildman–Crippen MR) is 117 cm³/mol. The highest BCUT2D eigenvalue weighted by Gasteiger charge is 2.19. The topological polar surface area (TPSA) is 79.4 Å². The fraction of sp³-hybridized carbons (Fsp3) is 0.174. The van der Waals surface area contributed by atoms with Crippen molar-refractivity contribution < 1.29 is 9.53 Å². The minimum Gasteiger partial charge on any atom is -0.491 e. The second-order valence-corrected chi connectivity index (χ2v) is 8.00. The van der Waals surface area contributed by atoms with Crippen LogP contribution in [0.1, 0.15) is 35.1 Å². The van der Waals surface area contributed by atoms with Crippen LogP contribution >= 0.6 is 11.3 Å². The molecule has 1 atom stereocenters. The number of pyridine rings is 1. The van der Waals surface area contributed by atoms with Crippen LogP contribution in [0.2, 0.25) is 0 Å². The Morgan fingerprint density at radius 2 is 2.10 bits per heavy atom. The molecule has 30 heavy (non-hydrogen) atoms. The zero-order valence-electron chi connectivity index (χ0n) is 16.6. The molecule has 0 spiro atoms. The van der Waals surface area contributed by atoms with E-state index in [4.69, 9.17) is 4.74 Å². The number of aromatic nitrogens is 2. The molecule has 7 heteroatoms. The molecule has 3 heterocycles. The molecule has 0 bridgehead atoms. The number of carbonyl (C=O) groups is 1. The highest BCUT2D eigenvalue weighted by Crippen LogP contribution is 2.26. The van der Waals surface area contributed by atoms with Gasteiger partial charge >= 0.3 is 0 Å². The molecular formula is C23H20N4O2S. The number of nitriles is 1. The number of hydrogen-bond acceptors (Lipinski definition) is 5. The second-order valence-electron chi connectivity index (χ2n) is 7.02. The quantitative estimate of drug-likeness (QED) is 0.488. The zero-order valence-corrected chi connectivity index (χ0v) is 17.4. The number of rotatable bonds is 6. The third-order valence-corrected chi connectivity index (χ3v) is 5.40. The first kappa shape index (κ1) is 19.7. The van der Waals surface area contributed by atoms with Gasteiger partial charge in [0, 0.05) is 22.8 Å². The first-order valence-corrected chi connectivity index (χ1v) is 10.4. The average molecular weight is 417 g/mol. The van der Waals surface area contributed by atoms with E-state index in [1.807, 2.05) is 72.4 Å². The fourth-order valence-corrected chi connectivity index (χ4v) is 3.88. The molecule has 1 aromatic carbocycles. The molecule has 4 aromatic rings. The summed E-state index contributed by atoms with van der Waals surface area (Å²) >= 11 is 1.43. The first-order valence-electron chi connectivity index (χ1n) is 9.54. The standard InChI is InChI=1S/C23H20N4O2S/c1-15(2)29-17-7-3-6-16(12-17)20-14-27-10-4-8-18(22(27)25-20)23(28)26-19(13-24)21-9-5-11-30-21/h3-12,14-15,19H,1-2H3,(H,26,28). The van der Waals surface area contributed by atoms with Crippen molar-refractivity contribution in [2.75, 3.05) is 0 Å². The molecule has 4 rings (SSSR count). The van der Waals surface area contributed by atoms with Crippen LogP contribution < -0.4 is 10.1 Å². The summed E-state index contributed by atoms with van der Waals surface area (Å²) in [5, 5.41) is 14.1. The van der Waals surface area contributed by atoms with E-state index < -0.39 is 6.04 Å². The number of carbonyl (C=O) groups excluding carboxylic acids is 1. The highest BCUT2D eigenvalue weighted by atomic mass is 32.1. The highest BCUT2D eigenvalue weighted by molar-refractivity contribution is 7.10. The summed E-state index contributed by atoms with van der Waals surface area (Å²) < 4.78 is 7.59. The summed E-state index contributed by atoms with van der Waals surface area (Å²) in [5.74, 6) is 0.430. The third-order valence-electron chi connectivity index (χ3n) is 4.46. The molecule has 0 saturated heterocycles. The molecule has 0 aliphatic carbocycles. The first-order chi connectivity index (χ1) is 14.5. The van der Waals surface area contributed by atoms with Crippen LogP contribution in [0.5, 0.6) is 5.75 Å². The number of thiophene rings is 1. The molecule has 0 aliphatic heterocycles. The molecule has 0 fully saturated rings. The number of amides is 1. The van der Waals surface area contributed by atoms with Crippen LogP contribution in [0.15, 0.2) is 66.3 Å². The molecule has 6 nitrogen and oxygen atoms in total. The van der Waals surface area contributed by atoms with Gasteiger partial charge in [-0.1, -0.05) is 18.2 Å². The summed E-state index contributed by atoms with van der Waals surface area (Å²) in [5.41, 5.74) is 2.58. The van der Waals surface area contributed by atoms with Gasteiger partial charge in [-0.3, -0.25) is 4.79 Å². The number of fused-ring (bicyclic) bond motifs is 1. The Balaban J connectivity index is 1.66. The molecule has 0 aliphatic rings. The minimum atomic E-state index is -0.697. The van der Waals surface area contributed by atoms with Crippen LogP contribution in [0.4, 0.5) is 0 Å². The van der Waals surface area contributed by atoms with E-state index in [2.05, 4.69) is 16.4 Å². The number of nitrogens with zero attached hydrogens (tertiary/aromatic N) is 3. The zero-order chi connectivity index (χ0) is 21.1. The number of nitrogens with one attached hydrogen (secondary N) is 1. The van der Waals surface area contributed by atoms with Crippen molar-refractivity contribution >= 4 is 22.9 Å². The summed E-state index contributed by atoms with van der Waals surface area (Å²) in [4.78, 5) is 18.4. The Bertz CT molecular complexity index is 1220. The maximum absolute atomic E-state index is 12.9. The largest absolute Gasteiger partial charge is 0.491 e. The van der Waals surface area contributed by atoms with Gasteiger partial charge in [-0.2, -0.15) is 5.26 Å². The average Bonchev–Trinajstić information content (AvgIpc) is 3.41. The Morgan fingerprint density at radius 1 is 1.23 bits per heavy atom. The van der Waals surface area contributed by atoms with Crippen LogP contribution in [0.3, 0.4) is 0 Å². The lowest BCUT2D eigenvalue weighted by Gasteiger charge is -2.10. The van der Waals surface area contributed by atoms with Crippen molar-refractivity contribution in [2.24, 2.45) is 0 Å². The number of benzene rings is 1. The molecule has 1 amide bonds. The van der Waals surface area contributed by atoms with Gasteiger partial charge in [-0.25, -0.2) is 4.98 Å². The maximum Gasteiger partial charge on any atom is 0.256 e. The van der Waals surface area contributed by atoms with Crippen molar-refractivity contribution in [3.8, 4) is 23.1 Å². The van der Waals surface area contributed by atoms with E-state index in [0.717, 1.165) is 21.9 Å². The second kappa shape index (κ2) is 8.39. The normalized spacial score (nSPS) is 11.9. The van der Waals surface area contributed by atoms with E-state index >= 15 is 0 Å². The van der Waals surface area contributed by atoms with Gasteiger partial charge in [0.05, 0.1) is 23.4 Å². The van der Waals surface area contributed by atoms with Crippen LogP contribution in [0, 0.1) is 11.3 Å². The summed E-state index contributed by atoms with van der Waals surface area (Å²) in [6, 6.07) is 16.4. The molecule has 1 unspecified atom stereocenters. The Labute approximate surface area is 178 Å². The number of imidazole rings is 1. The maximum atomic E-state index is 12.9. The fourth-order valence-electron chi connectivity index (χ4n) is 3.16. The lowest BCUT2D eigenvalue weighted by atomic mass is 10.1. The molecule has 1 N–H and O–H groups in total. The lowest BCUT2D eigenvalue weighted by molar-refractivity contribution is 0.0946.